The maximum absolute atomic E-state index is 10.9. The van der Waals surface area contributed by atoms with Gasteiger partial charge in [-0.2, -0.15) is 0 Å². The Labute approximate surface area is 84.5 Å². The van der Waals surface area contributed by atoms with Gasteiger partial charge in [0.2, 0.25) is 0 Å². The molecular weight excluding hydrogens is 202 g/mol. The highest BCUT2D eigenvalue weighted by atomic mass is 16.4. The van der Waals surface area contributed by atoms with E-state index in [0.717, 1.165) is 0 Å². The molecular formula is C8H9N3O4. The van der Waals surface area contributed by atoms with Crippen LogP contribution < -0.4 is 10.9 Å². The molecule has 1 fully saturated rings. The van der Waals surface area contributed by atoms with Gasteiger partial charge in [-0.15, -0.1) is 0 Å². The molecule has 2 heterocycles. The smallest absolute Gasteiger partial charge is 0.354 e. The van der Waals surface area contributed by atoms with Crippen molar-refractivity contribution < 1.29 is 19.8 Å². The summed E-state index contributed by atoms with van der Waals surface area (Å²) in [5.41, 5.74) is 5.83. The van der Waals surface area contributed by atoms with Gasteiger partial charge < -0.3 is 15.6 Å². The van der Waals surface area contributed by atoms with Crippen molar-refractivity contribution in [2.24, 2.45) is 10.9 Å². The molecule has 15 heavy (non-hydrogen) atoms. The van der Waals surface area contributed by atoms with Crippen LogP contribution in [0.1, 0.15) is 0 Å². The number of nitrogens with one attached hydrogen (secondary N) is 2. The highest BCUT2D eigenvalue weighted by Gasteiger charge is 2.38. The van der Waals surface area contributed by atoms with Crippen LogP contribution in [0.3, 0.4) is 0 Å². The number of aliphatic imine (C=N–C) groups is 1. The Bertz CT molecular complexity index is 387. The standard InChI is InChI=1S/C8H9N3O4/c12-7(13)5-1-4-3(2-9-11-4)6(10-5)8(14)15/h1,3,6,9,11H,2H2,(H,12,13)(H,14,15). The Balaban J connectivity index is 2.36. The minimum atomic E-state index is -1.22. The lowest BCUT2D eigenvalue weighted by Gasteiger charge is -2.19. The van der Waals surface area contributed by atoms with Crippen LogP contribution in [-0.4, -0.2) is 40.4 Å². The van der Waals surface area contributed by atoms with E-state index in [1.54, 1.807) is 0 Å². The number of rotatable bonds is 2. The number of carboxylic acids is 2. The minimum Gasteiger partial charge on any atom is -0.480 e. The number of aliphatic carboxylic acids is 2. The van der Waals surface area contributed by atoms with E-state index in [-0.39, 0.29) is 11.6 Å². The van der Waals surface area contributed by atoms with Crippen LogP contribution in [0.5, 0.6) is 0 Å². The van der Waals surface area contributed by atoms with Crippen molar-refractivity contribution in [3.05, 3.63) is 11.8 Å². The van der Waals surface area contributed by atoms with E-state index in [1.807, 2.05) is 0 Å². The molecule has 2 aliphatic heterocycles. The Kier molecular flexibility index (Phi) is 2.16. The fraction of sp³-hybridized carbons (Fsp3) is 0.375. The molecule has 4 N–H and O–H groups in total. The second-order valence-electron chi connectivity index (χ2n) is 3.31. The third-order valence-corrected chi connectivity index (χ3v) is 2.38. The number of hydrazine groups is 1. The van der Waals surface area contributed by atoms with Gasteiger partial charge >= 0.3 is 11.9 Å². The van der Waals surface area contributed by atoms with Gasteiger partial charge in [0.1, 0.15) is 5.71 Å². The van der Waals surface area contributed by atoms with E-state index in [0.29, 0.717) is 12.2 Å². The van der Waals surface area contributed by atoms with Crippen LogP contribution in [0.25, 0.3) is 0 Å². The van der Waals surface area contributed by atoms with Crippen molar-refractivity contribution in [2.75, 3.05) is 6.54 Å². The van der Waals surface area contributed by atoms with Gasteiger partial charge in [-0.25, -0.2) is 15.0 Å². The van der Waals surface area contributed by atoms with E-state index in [4.69, 9.17) is 10.2 Å². The van der Waals surface area contributed by atoms with Gasteiger partial charge in [0.15, 0.2) is 6.04 Å². The predicted octanol–water partition coefficient (Wildman–Crippen LogP) is -1.41. The van der Waals surface area contributed by atoms with Gasteiger partial charge in [-0.1, -0.05) is 0 Å². The number of fused-ring (bicyclic) bond motifs is 1. The SMILES string of the molecule is O=C(O)C1=NC(C(=O)O)C2CNNC2=C1. The molecule has 0 aromatic rings. The second-order valence-corrected chi connectivity index (χ2v) is 3.31. The molecule has 2 aliphatic rings. The van der Waals surface area contributed by atoms with Crippen molar-refractivity contribution >= 4 is 17.7 Å². The van der Waals surface area contributed by atoms with Crippen LogP contribution in [0, 0.1) is 5.92 Å². The summed E-state index contributed by atoms with van der Waals surface area (Å²) < 4.78 is 0. The first-order valence-corrected chi connectivity index (χ1v) is 4.34. The van der Waals surface area contributed by atoms with Crippen molar-refractivity contribution in [3.8, 4) is 0 Å². The zero-order valence-electron chi connectivity index (χ0n) is 7.60. The van der Waals surface area contributed by atoms with Crippen molar-refractivity contribution in [1.82, 2.24) is 10.9 Å². The number of hydrogen-bond acceptors (Lipinski definition) is 5. The molecule has 0 amide bonds. The van der Waals surface area contributed by atoms with Crippen LogP contribution in [0.2, 0.25) is 0 Å². The maximum Gasteiger partial charge on any atom is 0.354 e. The third-order valence-electron chi connectivity index (χ3n) is 2.38. The number of carbonyl (C=O) groups is 2. The highest BCUT2D eigenvalue weighted by Crippen LogP contribution is 2.23. The van der Waals surface area contributed by atoms with Gasteiger partial charge in [-0.3, -0.25) is 4.99 Å². The van der Waals surface area contributed by atoms with Gasteiger partial charge in [0, 0.05) is 18.2 Å². The van der Waals surface area contributed by atoms with E-state index in [9.17, 15) is 9.59 Å². The summed E-state index contributed by atoms with van der Waals surface area (Å²) in [6, 6.07) is -1.03. The highest BCUT2D eigenvalue weighted by molar-refractivity contribution is 6.41. The number of hydrogen-bond donors (Lipinski definition) is 4. The quantitative estimate of drug-likeness (QED) is 0.446. The van der Waals surface area contributed by atoms with Gasteiger partial charge in [0.25, 0.3) is 0 Å². The Morgan fingerprint density at radius 2 is 2.20 bits per heavy atom. The molecule has 2 unspecified atom stereocenters. The van der Waals surface area contributed by atoms with Gasteiger partial charge in [0.05, 0.1) is 0 Å². The topological polar surface area (TPSA) is 111 Å². The van der Waals surface area contributed by atoms with Crippen molar-refractivity contribution in [3.63, 3.8) is 0 Å². The first-order valence-electron chi connectivity index (χ1n) is 4.34. The summed E-state index contributed by atoms with van der Waals surface area (Å²) in [6.45, 7) is 0.430. The van der Waals surface area contributed by atoms with Gasteiger partial charge in [-0.05, 0) is 6.08 Å². The minimum absolute atomic E-state index is 0.232. The molecule has 0 radical (unpaired) electrons. The fourth-order valence-electron chi connectivity index (χ4n) is 1.66. The van der Waals surface area contributed by atoms with Crippen LogP contribution in [0.15, 0.2) is 16.8 Å². The normalized spacial score (nSPS) is 28.5. The third kappa shape index (κ3) is 1.57. The summed E-state index contributed by atoms with van der Waals surface area (Å²) in [5.74, 6) is -2.65. The monoisotopic (exact) mass is 211 g/mol. The average Bonchev–Trinajstić information content (AvgIpc) is 2.62. The molecule has 0 aromatic carbocycles. The molecule has 0 spiro atoms. The van der Waals surface area contributed by atoms with Crippen LogP contribution in [-0.2, 0) is 9.59 Å². The Morgan fingerprint density at radius 3 is 2.80 bits per heavy atom. The number of nitrogens with zero attached hydrogens (tertiary/aromatic N) is 1. The molecule has 7 heteroatoms. The number of dihydropyridines is 1. The molecule has 2 atom stereocenters. The zero-order valence-corrected chi connectivity index (χ0v) is 7.60. The summed E-state index contributed by atoms with van der Waals surface area (Å²) in [7, 11) is 0. The maximum atomic E-state index is 10.9. The van der Waals surface area contributed by atoms with Crippen molar-refractivity contribution in [1.29, 1.82) is 0 Å². The molecule has 0 aromatic heterocycles. The van der Waals surface area contributed by atoms with E-state index >= 15 is 0 Å². The summed E-state index contributed by atoms with van der Waals surface area (Å²) in [4.78, 5) is 25.3. The Hall–Kier alpha value is -1.89. The average molecular weight is 211 g/mol. The molecule has 7 nitrogen and oxygen atoms in total. The van der Waals surface area contributed by atoms with E-state index in [2.05, 4.69) is 15.8 Å². The molecule has 0 bridgehead atoms. The fourth-order valence-corrected chi connectivity index (χ4v) is 1.66. The summed E-state index contributed by atoms with van der Waals surface area (Å²) in [6.07, 6.45) is 1.35. The zero-order chi connectivity index (χ0) is 11.0. The van der Waals surface area contributed by atoms with E-state index in [1.165, 1.54) is 6.08 Å². The summed E-state index contributed by atoms with van der Waals surface area (Å²) in [5, 5.41) is 17.6. The lowest BCUT2D eigenvalue weighted by Crippen LogP contribution is -2.35. The Morgan fingerprint density at radius 1 is 1.47 bits per heavy atom. The second kappa shape index (κ2) is 3.35. The summed E-state index contributed by atoms with van der Waals surface area (Å²) >= 11 is 0. The van der Waals surface area contributed by atoms with E-state index < -0.39 is 18.0 Å². The first kappa shape index (κ1) is 9.66. The first-order chi connectivity index (χ1) is 7.09. The molecule has 1 saturated heterocycles. The molecule has 0 aliphatic carbocycles. The molecule has 0 saturated carbocycles. The van der Waals surface area contributed by atoms with Crippen molar-refractivity contribution in [2.45, 2.75) is 6.04 Å². The predicted molar refractivity (Wildman–Crippen MR) is 49.2 cm³/mol. The molecule has 2 rings (SSSR count). The van der Waals surface area contributed by atoms with Crippen LogP contribution in [0.4, 0.5) is 0 Å². The lowest BCUT2D eigenvalue weighted by molar-refractivity contribution is -0.139. The lowest BCUT2D eigenvalue weighted by atomic mass is 9.94. The largest absolute Gasteiger partial charge is 0.480 e. The van der Waals surface area contributed by atoms with Crippen LogP contribution >= 0.6 is 0 Å². The molecule has 80 valence electrons. The number of carboxylic acid groups (broad SMARTS) is 2.